The van der Waals surface area contributed by atoms with Crippen molar-refractivity contribution in [3.63, 3.8) is 0 Å². The zero-order valence-corrected chi connectivity index (χ0v) is 24.4. The molecule has 0 saturated heterocycles. The Balaban J connectivity index is 1.37. The van der Waals surface area contributed by atoms with E-state index in [0.717, 1.165) is 24.3 Å². The highest BCUT2D eigenvalue weighted by Crippen LogP contribution is 2.39. The minimum absolute atomic E-state index is 0.0243. The zero-order chi connectivity index (χ0) is 30.1. The third-order valence-electron chi connectivity index (χ3n) is 8.45. The Kier molecular flexibility index (Phi) is 11.4. The van der Waals surface area contributed by atoms with Gasteiger partial charge in [-0.1, -0.05) is 75.6 Å². The molecule has 3 aromatic carbocycles. The van der Waals surface area contributed by atoms with E-state index in [1.807, 2.05) is 6.07 Å². The SMILES string of the molecule is C=C(CO)C(=O)OCCCc1ccc(-c2ccc(-c3ccc(C4CCC(CCCCC)CC4)cc3F)cc2F)c(F)c1. The largest absolute Gasteiger partial charge is 0.462 e. The molecule has 0 aliphatic heterocycles. The lowest BCUT2D eigenvalue weighted by Crippen LogP contribution is -2.13. The number of ether oxygens (including phenoxy) is 1. The average molecular weight is 579 g/mol. The minimum atomic E-state index is -0.663. The lowest BCUT2D eigenvalue weighted by Gasteiger charge is -2.29. The number of unbranched alkanes of at least 4 members (excludes halogenated alkanes) is 2. The Labute approximate surface area is 247 Å². The molecule has 0 bridgehead atoms. The second kappa shape index (κ2) is 15.2. The van der Waals surface area contributed by atoms with Crippen LogP contribution >= 0.6 is 0 Å². The smallest absolute Gasteiger partial charge is 0.335 e. The molecule has 224 valence electrons. The van der Waals surface area contributed by atoms with Gasteiger partial charge in [-0.25, -0.2) is 18.0 Å². The highest BCUT2D eigenvalue weighted by molar-refractivity contribution is 5.87. The highest BCUT2D eigenvalue weighted by atomic mass is 19.1. The fourth-order valence-corrected chi connectivity index (χ4v) is 5.93. The van der Waals surface area contributed by atoms with E-state index in [-0.39, 0.29) is 29.1 Å². The summed E-state index contributed by atoms with van der Waals surface area (Å²) < 4.78 is 50.4. The van der Waals surface area contributed by atoms with E-state index in [1.165, 1.54) is 62.8 Å². The van der Waals surface area contributed by atoms with Crippen LogP contribution in [0.5, 0.6) is 0 Å². The van der Waals surface area contributed by atoms with E-state index in [0.29, 0.717) is 35.4 Å². The molecule has 0 atom stereocenters. The fraction of sp³-hybridized carbons (Fsp3) is 0.417. The molecule has 0 heterocycles. The number of hydrogen-bond acceptors (Lipinski definition) is 3. The number of carbonyl (C=O) groups is 1. The molecule has 0 spiro atoms. The normalized spacial score (nSPS) is 16.8. The maximum atomic E-state index is 15.2. The van der Waals surface area contributed by atoms with Crippen molar-refractivity contribution in [1.82, 2.24) is 0 Å². The highest BCUT2D eigenvalue weighted by Gasteiger charge is 2.23. The molecule has 0 radical (unpaired) electrons. The van der Waals surface area contributed by atoms with Crippen molar-refractivity contribution in [3.8, 4) is 22.3 Å². The van der Waals surface area contributed by atoms with Gasteiger partial charge in [-0.2, -0.15) is 0 Å². The summed E-state index contributed by atoms with van der Waals surface area (Å²) in [5, 5.41) is 8.90. The van der Waals surface area contributed by atoms with Gasteiger partial charge in [0, 0.05) is 16.7 Å². The lowest BCUT2D eigenvalue weighted by atomic mass is 9.77. The maximum Gasteiger partial charge on any atom is 0.335 e. The molecule has 1 aliphatic carbocycles. The summed E-state index contributed by atoms with van der Waals surface area (Å²) in [6, 6.07) is 14.3. The molecule has 1 N–H and O–H groups in total. The molecule has 3 aromatic rings. The molecular formula is C36H41F3O3. The summed E-state index contributed by atoms with van der Waals surface area (Å²) in [5.41, 5.74) is 2.63. The number of aliphatic hydroxyl groups excluding tert-OH is 1. The average Bonchev–Trinajstić information content (AvgIpc) is 2.99. The summed E-state index contributed by atoms with van der Waals surface area (Å²) in [4.78, 5) is 11.5. The minimum Gasteiger partial charge on any atom is -0.462 e. The van der Waals surface area contributed by atoms with E-state index in [4.69, 9.17) is 9.84 Å². The Hall–Kier alpha value is -3.38. The second-order valence-electron chi connectivity index (χ2n) is 11.5. The predicted octanol–water partition coefficient (Wildman–Crippen LogP) is 9.32. The number of carbonyl (C=O) groups excluding carboxylic acids is 1. The van der Waals surface area contributed by atoms with E-state index in [1.54, 1.807) is 24.3 Å². The lowest BCUT2D eigenvalue weighted by molar-refractivity contribution is -0.139. The fourth-order valence-electron chi connectivity index (χ4n) is 5.93. The van der Waals surface area contributed by atoms with Crippen LogP contribution < -0.4 is 0 Å². The molecule has 1 fully saturated rings. The van der Waals surface area contributed by atoms with Gasteiger partial charge in [0.1, 0.15) is 17.5 Å². The van der Waals surface area contributed by atoms with Gasteiger partial charge in [0.15, 0.2) is 0 Å². The molecule has 3 nitrogen and oxygen atoms in total. The van der Waals surface area contributed by atoms with E-state index in [2.05, 4.69) is 13.5 Å². The van der Waals surface area contributed by atoms with Gasteiger partial charge in [-0.3, -0.25) is 0 Å². The van der Waals surface area contributed by atoms with Crippen molar-refractivity contribution in [2.75, 3.05) is 13.2 Å². The number of esters is 1. The van der Waals surface area contributed by atoms with Crippen molar-refractivity contribution in [2.45, 2.75) is 77.0 Å². The summed E-state index contributed by atoms with van der Waals surface area (Å²) in [6.45, 7) is 5.27. The van der Waals surface area contributed by atoms with Crippen LogP contribution in [0.4, 0.5) is 13.2 Å². The second-order valence-corrected chi connectivity index (χ2v) is 11.5. The van der Waals surface area contributed by atoms with Crippen LogP contribution in [0.1, 0.15) is 81.8 Å². The first-order chi connectivity index (χ1) is 20.3. The van der Waals surface area contributed by atoms with Crippen molar-refractivity contribution in [3.05, 3.63) is 95.3 Å². The summed E-state index contributed by atoms with van der Waals surface area (Å²) >= 11 is 0. The molecular weight excluding hydrogens is 537 g/mol. The molecule has 6 heteroatoms. The van der Waals surface area contributed by atoms with Crippen LogP contribution in [0.25, 0.3) is 22.3 Å². The van der Waals surface area contributed by atoms with E-state index < -0.39 is 24.2 Å². The summed E-state index contributed by atoms with van der Waals surface area (Å²) in [5.74, 6) is -1.08. The number of benzene rings is 3. The molecule has 0 aromatic heterocycles. The van der Waals surface area contributed by atoms with E-state index in [9.17, 15) is 9.18 Å². The van der Waals surface area contributed by atoms with Crippen LogP contribution in [0.15, 0.2) is 66.7 Å². The number of halogens is 3. The quantitative estimate of drug-likeness (QED) is 0.125. The number of hydrogen-bond donors (Lipinski definition) is 1. The third kappa shape index (κ3) is 8.13. The number of aliphatic hydroxyl groups is 1. The van der Waals surface area contributed by atoms with Crippen LogP contribution in [-0.2, 0) is 16.0 Å². The zero-order valence-electron chi connectivity index (χ0n) is 24.4. The van der Waals surface area contributed by atoms with Crippen molar-refractivity contribution in [1.29, 1.82) is 0 Å². The summed E-state index contributed by atoms with van der Waals surface area (Å²) in [6.07, 6.45) is 10.6. The maximum absolute atomic E-state index is 15.2. The molecule has 4 rings (SSSR count). The number of rotatable bonds is 13. The molecule has 1 aliphatic rings. The Bertz CT molecular complexity index is 1380. The van der Waals surface area contributed by atoms with Gasteiger partial charge in [0.05, 0.1) is 18.8 Å². The third-order valence-corrected chi connectivity index (χ3v) is 8.45. The van der Waals surface area contributed by atoms with Gasteiger partial charge in [0.2, 0.25) is 0 Å². The standard InChI is InChI=1S/C36H41F3O3/c1-3-4-5-7-25-9-12-27(13-10-25)28-14-17-30(34(38)21-28)29-15-18-32(35(39)22-29)31-16-11-26(20-33(31)37)8-6-19-42-36(41)24(2)23-40/h11,14-18,20-22,25,27,40H,2-10,12-13,19,23H2,1H3. The molecule has 0 unspecified atom stereocenters. The van der Waals surface area contributed by atoms with Gasteiger partial charge >= 0.3 is 5.97 Å². The molecule has 1 saturated carbocycles. The Morgan fingerprint density at radius 1 is 0.857 bits per heavy atom. The topological polar surface area (TPSA) is 46.5 Å². The first-order valence-electron chi connectivity index (χ1n) is 15.1. The van der Waals surface area contributed by atoms with Crippen LogP contribution in [0, 0.1) is 23.4 Å². The van der Waals surface area contributed by atoms with Crippen molar-refractivity contribution < 1.29 is 27.8 Å². The Morgan fingerprint density at radius 3 is 2.17 bits per heavy atom. The predicted molar refractivity (Wildman–Crippen MR) is 162 cm³/mol. The van der Waals surface area contributed by atoms with Gasteiger partial charge < -0.3 is 9.84 Å². The number of aryl methyl sites for hydroxylation is 1. The Morgan fingerprint density at radius 2 is 1.52 bits per heavy atom. The first kappa shape index (κ1) is 31.6. The molecule has 0 amide bonds. The first-order valence-corrected chi connectivity index (χ1v) is 15.1. The van der Waals surface area contributed by atoms with Crippen molar-refractivity contribution >= 4 is 5.97 Å². The van der Waals surface area contributed by atoms with E-state index >= 15 is 8.78 Å². The van der Waals surface area contributed by atoms with Gasteiger partial charge in [-0.15, -0.1) is 0 Å². The van der Waals surface area contributed by atoms with Gasteiger partial charge in [-0.05, 0) is 85.3 Å². The monoisotopic (exact) mass is 578 g/mol. The van der Waals surface area contributed by atoms with Crippen LogP contribution in [0.2, 0.25) is 0 Å². The van der Waals surface area contributed by atoms with Crippen LogP contribution in [0.3, 0.4) is 0 Å². The van der Waals surface area contributed by atoms with Crippen molar-refractivity contribution in [2.24, 2.45) is 5.92 Å². The van der Waals surface area contributed by atoms with Gasteiger partial charge in [0.25, 0.3) is 0 Å². The molecule has 42 heavy (non-hydrogen) atoms. The van der Waals surface area contributed by atoms with Crippen LogP contribution in [-0.4, -0.2) is 24.3 Å². The summed E-state index contributed by atoms with van der Waals surface area (Å²) in [7, 11) is 0.